The van der Waals surface area contributed by atoms with Gasteiger partial charge in [0.25, 0.3) is 0 Å². The number of aromatic nitrogens is 2. The lowest BCUT2D eigenvalue weighted by molar-refractivity contribution is 0.169. The molecule has 4 rings (SSSR count). The summed E-state index contributed by atoms with van der Waals surface area (Å²) in [6.07, 6.45) is 5.29. The van der Waals surface area contributed by atoms with Gasteiger partial charge in [-0.05, 0) is 57.9 Å². The monoisotopic (exact) mass is 270 g/mol. The third-order valence-corrected chi connectivity index (χ3v) is 5.07. The summed E-state index contributed by atoms with van der Waals surface area (Å²) in [6.45, 7) is 2.00. The summed E-state index contributed by atoms with van der Waals surface area (Å²) in [4.78, 5) is 10.4. The van der Waals surface area contributed by atoms with Crippen LogP contribution in [0.25, 0.3) is 11.0 Å². The number of H-pyrrole nitrogens is 1. The predicted molar refractivity (Wildman–Crippen MR) is 82.0 cm³/mol. The number of nitrogens with one attached hydrogen (secondary N) is 2. The number of aryl methyl sites for hydroxylation is 1. The molecule has 3 heterocycles. The second-order valence-corrected chi connectivity index (χ2v) is 6.42. The molecule has 2 fully saturated rings. The number of rotatable bonds is 2. The highest BCUT2D eigenvalue weighted by molar-refractivity contribution is 5.79. The van der Waals surface area contributed by atoms with Crippen molar-refractivity contribution in [1.29, 1.82) is 0 Å². The van der Waals surface area contributed by atoms with Crippen LogP contribution in [-0.2, 0) is 0 Å². The van der Waals surface area contributed by atoms with Gasteiger partial charge in [-0.25, -0.2) is 4.98 Å². The molecule has 0 amide bonds. The van der Waals surface area contributed by atoms with Crippen molar-refractivity contribution in [2.24, 2.45) is 0 Å². The fourth-order valence-electron chi connectivity index (χ4n) is 3.99. The number of piperidine rings is 1. The van der Waals surface area contributed by atoms with E-state index in [-0.39, 0.29) is 0 Å². The first-order valence-corrected chi connectivity index (χ1v) is 7.64. The molecule has 0 aliphatic carbocycles. The van der Waals surface area contributed by atoms with Crippen molar-refractivity contribution in [3.63, 3.8) is 0 Å². The molecule has 0 saturated carbocycles. The fourth-order valence-corrected chi connectivity index (χ4v) is 3.99. The zero-order chi connectivity index (χ0) is 13.7. The normalized spacial score (nSPS) is 30.0. The van der Waals surface area contributed by atoms with Crippen molar-refractivity contribution >= 4 is 16.7 Å². The molecule has 2 aliphatic heterocycles. The van der Waals surface area contributed by atoms with E-state index >= 15 is 0 Å². The molecule has 106 valence electrons. The summed E-state index contributed by atoms with van der Waals surface area (Å²) in [5.74, 6) is 0.981. The van der Waals surface area contributed by atoms with Gasteiger partial charge in [-0.15, -0.1) is 0 Å². The van der Waals surface area contributed by atoms with Gasteiger partial charge in [0.15, 0.2) is 0 Å². The van der Waals surface area contributed by atoms with Gasteiger partial charge in [-0.1, -0.05) is 0 Å². The van der Waals surface area contributed by atoms with Crippen molar-refractivity contribution in [3.05, 3.63) is 24.0 Å². The molecule has 20 heavy (non-hydrogen) atoms. The maximum absolute atomic E-state index is 4.46. The molecule has 1 aromatic carbocycles. The molecule has 2 saturated heterocycles. The number of benzene rings is 1. The van der Waals surface area contributed by atoms with Crippen LogP contribution in [0.4, 0.5) is 5.69 Å². The topological polar surface area (TPSA) is 44.0 Å². The number of anilines is 1. The van der Waals surface area contributed by atoms with Gasteiger partial charge in [0.2, 0.25) is 0 Å². The zero-order valence-electron chi connectivity index (χ0n) is 12.2. The van der Waals surface area contributed by atoms with Gasteiger partial charge in [-0.2, -0.15) is 0 Å². The molecule has 2 atom stereocenters. The molecule has 0 radical (unpaired) electrons. The van der Waals surface area contributed by atoms with Gasteiger partial charge >= 0.3 is 0 Å². The lowest BCUT2D eigenvalue weighted by atomic mass is 9.98. The minimum Gasteiger partial charge on any atom is -0.382 e. The lowest BCUT2D eigenvalue weighted by Crippen LogP contribution is -2.44. The van der Waals surface area contributed by atoms with Crippen LogP contribution in [0.3, 0.4) is 0 Å². The second-order valence-electron chi connectivity index (χ2n) is 6.42. The summed E-state index contributed by atoms with van der Waals surface area (Å²) in [7, 11) is 2.29. The molecule has 1 aromatic heterocycles. The Kier molecular flexibility index (Phi) is 2.74. The average Bonchev–Trinajstić information content (AvgIpc) is 2.85. The van der Waals surface area contributed by atoms with Crippen LogP contribution in [0.1, 0.15) is 31.5 Å². The first kappa shape index (κ1) is 12.2. The van der Waals surface area contributed by atoms with Crippen LogP contribution in [-0.4, -0.2) is 40.0 Å². The molecule has 4 nitrogen and oxygen atoms in total. The smallest absolute Gasteiger partial charge is 0.104 e. The Morgan fingerprint density at radius 3 is 2.75 bits per heavy atom. The summed E-state index contributed by atoms with van der Waals surface area (Å²) < 4.78 is 0. The van der Waals surface area contributed by atoms with E-state index in [9.17, 15) is 0 Å². The van der Waals surface area contributed by atoms with E-state index in [0.717, 1.165) is 28.9 Å². The van der Waals surface area contributed by atoms with E-state index in [0.29, 0.717) is 6.04 Å². The molecule has 2 unspecified atom stereocenters. The fraction of sp³-hybridized carbons (Fsp3) is 0.562. The van der Waals surface area contributed by atoms with Crippen molar-refractivity contribution in [1.82, 2.24) is 14.9 Å². The molecule has 2 aliphatic rings. The molecule has 2 bridgehead atoms. The third kappa shape index (κ3) is 1.99. The van der Waals surface area contributed by atoms with Crippen LogP contribution in [0.15, 0.2) is 18.2 Å². The van der Waals surface area contributed by atoms with E-state index in [1.165, 1.54) is 31.4 Å². The molecule has 4 heteroatoms. The number of nitrogens with zero attached hydrogens (tertiary/aromatic N) is 2. The van der Waals surface area contributed by atoms with Crippen LogP contribution < -0.4 is 5.32 Å². The van der Waals surface area contributed by atoms with Crippen molar-refractivity contribution in [2.75, 3.05) is 12.4 Å². The van der Waals surface area contributed by atoms with E-state index < -0.39 is 0 Å². The van der Waals surface area contributed by atoms with E-state index in [4.69, 9.17) is 0 Å². The molecular formula is C16H22N4. The summed E-state index contributed by atoms with van der Waals surface area (Å²) in [5, 5.41) is 3.73. The number of hydrogen-bond donors (Lipinski definition) is 2. The van der Waals surface area contributed by atoms with Crippen LogP contribution in [0, 0.1) is 6.92 Å². The van der Waals surface area contributed by atoms with Gasteiger partial charge in [-0.3, -0.25) is 0 Å². The van der Waals surface area contributed by atoms with Gasteiger partial charge in [0, 0.05) is 23.8 Å². The standard InChI is InChI=1S/C16H22N4/c1-10-17-15-6-3-11(9-16(15)18-10)19-12-7-13-4-5-14(8-12)20(13)2/h3,6,9,12-14,19H,4-5,7-8H2,1-2H3,(H,17,18). The van der Waals surface area contributed by atoms with Gasteiger partial charge < -0.3 is 15.2 Å². The number of imidazole rings is 1. The average molecular weight is 270 g/mol. The Labute approximate surface area is 119 Å². The largest absolute Gasteiger partial charge is 0.382 e. The van der Waals surface area contributed by atoms with Crippen molar-refractivity contribution < 1.29 is 0 Å². The van der Waals surface area contributed by atoms with Gasteiger partial charge in [0.05, 0.1) is 11.0 Å². The number of hydrogen-bond acceptors (Lipinski definition) is 3. The Hall–Kier alpha value is -1.55. The van der Waals surface area contributed by atoms with E-state index in [2.05, 4.69) is 45.4 Å². The SMILES string of the molecule is Cc1nc2ccc(NC3CC4CCC(C3)N4C)cc2[nH]1. The predicted octanol–water partition coefficient (Wildman–Crippen LogP) is 2.91. The van der Waals surface area contributed by atoms with Gasteiger partial charge in [0.1, 0.15) is 5.82 Å². The Morgan fingerprint density at radius 2 is 2.00 bits per heavy atom. The minimum absolute atomic E-state index is 0.616. The lowest BCUT2D eigenvalue weighted by Gasteiger charge is -2.37. The Bertz CT molecular complexity index is 618. The summed E-state index contributed by atoms with van der Waals surface area (Å²) in [6, 6.07) is 8.63. The van der Waals surface area contributed by atoms with Crippen LogP contribution in [0.5, 0.6) is 0 Å². The zero-order valence-corrected chi connectivity index (χ0v) is 12.2. The number of aromatic amines is 1. The maximum atomic E-state index is 4.46. The van der Waals surface area contributed by atoms with E-state index in [1.807, 2.05) is 6.92 Å². The highest BCUT2D eigenvalue weighted by atomic mass is 15.2. The van der Waals surface area contributed by atoms with E-state index in [1.54, 1.807) is 0 Å². The first-order chi connectivity index (χ1) is 9.69. The second kappa shape index (κ2) is 4.48. The van der Waals surface area contributed by atoms with Crippen LogP contribution in [0.2, 0.25) is 0 Å². The maximum Gasteiger partial charge on any atom is 0.104 e. The molecule has 2 N–H and O–H groups in total. The Morgan fingerprint density at radius 1 is 1.25 bits per heavy atom. The van der Waals surface area contributed by atoms with Crippen molar-refractivity contribution in [2.45, 2.75) is 50.7 Å². The number of fused-ring (bicyclic) bond motifs is 3. The molecular weight excluding hydrogens is 248 g/mol. The highest BCUT2D eigenvalue weighted by Gasteiger charge is 2.38. The minimum atomic E-state index is 0.616. The molecule has 0 spiro atoms. The molecule has 2 aromatic rings. The first-order valence-electron chi connectivity index (χ1n) is 7.64. The Balaban J connectivity index is 1.53. The van der Waals surface area contributed by atoms with Crippen LogP contribution >= 0.6 is 0 Å². The third-order valence-electron chi connectivity index (χ3n) is 5.07. The highest BCUT2D eigenvalue weighted by Crippen LogP contribution is 2.35. The summed E-state index contributed by atoms with van der Waals surface area (Å²) in [5.41, 5.74) is 3.40. The van der Waals surface area contributed by atoms with Crippen molar-refractivity contribution in [3.8, 4) is 0 Å². The quantitative estimate of drug-likeness (QED) is 0.882. The summed E-state index contributed by atoms with van der Waals surface area (Å²) >= 11 is 0.